The summed E-state index contributed by atoms with van der Waals surface area (Å²) in [7, 11) is 0. The second kappa shape index (κ2) is 5.68. The lowest BCUT2D eigenvalue weighted by Crippen LogP contribution is -2.40. The van der Waals surface area contributed by atoms with Gasteiger partial charge in [-0.1, -0.05) is 0 Å². The molecule has 0 fully saturated rings. The second-order valence-corrected chi connectivity index (χ2v) is 4.08. The van der Waals surface area contributed by atoms with E-state index in [1.165, 1.54) is 12.1 Å². The van der Waals surface area contributed by atoms with Crippen molar-refractivity contribution in [3.8, 4) is 5.75 Å². The van der Waals surface area contributed by atoms with Crippen molar-refractivity contribution >= 4 is 17.5 Å². The van der Waals surface area contributed by atoms with Crippen molar-refractivity contribution in [3.05, 3.63) is 23.8 Å². The van der Waals surface area contributed by atoms with Gasteiger partial charge in [0.05, 0.1) is 24.9 Å². The molecule has 1 aromatic carbocycles. The smallest absolute Gasteiger partial charge is 0.262 e. The first kappa shape index (κ1) is 13.3. The number of carbonyl (C=O) groups is 2. The molecular formula is C12H14N2O5. The number of hydrogen-bond acceptors (Lipinski definition) is 5. The number of hydrogen-bond donors (Lipinski definition) is 4. The molecule has 0 spiro atoms. The van der Waals surface area contributed by atoms with Gasteiger partial charge in [0.2, 0.25) is 0 Å². The third-order valence-corrected chi connectivity index (χ3v) is 2.65. The lowest BCUT2D eigenvalue weighted by Gasteiger charge is -2.19. The number of rotatable bonds is 4. The zero-order valence-electron chi connectivity index (χ0n) is 10.0. The third-order valence-electron chi connectivity index (χ3n) is 2.65. The number of aliphatic hydroxyl groups excluding tert-OH is 2. The number of aliphatic hydroxyl groups is 2. The highest BCUT2D eigenvalue weighted by atomic mass is 16.5. The van der Waals surface area contributed by atoms with Crippen LogP contribution in [0.3, 0.4) is 0 Å². The molecule has 0 bridgehead atoms. The maximum atomic E-state index is 11.8. The van der Waals surface area contributed by atoms with Crippen molar-refractivity contribution in [2.24, 2.45) is 0 Å². The molecule has 7 nitrogen and oxygen atoms in total. The number of anilines is 1. The Morgan fingerprint density at radius 1 is 1.42 bits per heavy atom. The SMILES string of the molecule is O=C1COc2cc(C(=O)NC(CO)CO)ccc2N1. The van der Waals surface area contributed by atoms with E-state index < -0.39 is 11.9 Å². The van der Waals surface area contributed by atoms with Crippen LogP contribution in [0.25, 0.3) is 0 Å². The molecular weight excluding hydrogens is 252 g/mol. The van der Waals surface area contributed by atoms with E-state index in [4.69, 9.17) is 14.9 Å². The Balaban J connectivity index is 2.13. The second-order valence-electron chi connectivity index (χ2n) is 4.08. The Morgan fingerprint density at radius 2 is 2.16 bits per heavy atom. The quantitative estimate of drug-likeness (QED) is 0.565. The van der Waals surface area contributed by atoms with Gasteiger partial charge >= 0.3 is 0 Å². The molecule has 1 aliphatic heterocycles. The van der Waals surface area contributed by atoms with Crippen LogP contribution in [0, 0.1) is 0 Å². The number of benzene rings is 1. The lowest BCUT2D eigenvalue weighted by atomic mass is 10.1. The van der Waals surface area contributed by atoms with Crippen molar-refractivity contribution in [1.29, 1.82) is 0 Å². The first-order valence-electron chi connectivity index (χ1n) is 5.73. The fourth-order valence-electron chi connectivity index (χ4n) is 1.63. The van der Waals surface area contributed by atoms with Gasteiger partial charge in [0.15, 0.2) is 6.61 Å². The van der Waals surface area contributed by atoms with Gasteiger partial charge < -0.3 is 25.6 Å². The van der Waals surface area contributed by atoms with Crippen LogP contribution < -0.4 is 15.4 Å². The van der Waals surface area contributed by atoms with Crippen molar-refractivity contribution in [3.63, 3.8) is 0 Å². The maximum absolute atomic E-state index is 11.8. The van der Waals surface area contributed by atoms with Crippen molar-refractivity contribution < 1.29 is 24.5 Å². The summed E-state index contributed by atoms with van der Waals surface area (Å²) in [5, 5.41) is 22.9. The van der Waals surface area contributed by atoms with Crippen LogP contribution in [0.1, 0.15) is 10.4 Å². The highest BCUT2D eigenvalue weighted by Gasteiger charge is 2.18. The molecule has 0 unspecified atom stereocenters. The van der Waals surface area contributed by atoms with Gasteiger partial charge in [0.25, 0.3) is 11.8 Å². The van der Waals surface area contributed by atoms with Gasteiger partial charge in [0, 0.05) is 5.56 Å². The van der Waals surface area contributed by atoms with E-state index in [9.17, 15) is 9.59 Å². The summed E-state index contributed by atoms with van der Waals surface area (Å²) >= 11 is 0. The van der Waals surface area contributed by atoms with Gasteiger partial charge in [-0.15, -0.1) is 0 Å². The predicted octanol–water partition coefficient (Wildman–Crippen LogP) is -0.900. The summed E-state index contributed by atoms with van der Waals surface area (Å²) < 4.78 is 5.19. The number of amides is 2. The summed E-state index contributed by atoms with van der Waals surface area (Å²) in [5.41, 5.74) is 0.829. The Labute approximate surface area is 109 Å². The van der Waals surface area contributed by atoms with Gasteiger partial charge in [-0.25, -0.2) is 0 Å². The van der Waals surface area contributed by atoms with E-state index in [0.717, 1.165) is 0 Å². The van der Waals surface area contributed by atoms with Crippen LogP contribution >= 0.6 is 0 Å². The maximum Gasteiger partial charge on any atom is 0.262 e. The lowest BCUT2D eigenvalue weighted by molar-refractivity contribution is -0.118. The molecule has 0 radical (unpaired) electrons. The molecule has 2 rings (SSSR count). The minimum absolute atomic E-state index is 0.0893. The van der Waals surface area contributed by atoms with Crippen molar-refractivity contribution in [2.75, 3.05) is 25.1 Å². The number of carbonyl (C=O) groups excluding carboxylic acids is 2. The van der Waals surface area contributed by atoms with Crippen LogP contribution in [-0.4, -0.2) is 47.9 Å². The first-order valence-corrected chi connectivity index (χ1v) is 5.73. The molecule has 19 heavy (non-hydrogen) atoms. The summed E-state index contributed by atoms with van der Waals surface area (Å²) in [6.45, 7) is -0.784. The Hall–Kier alpha value is -2.12. The van der Waals surface area contributed by atoms with E-state index in [-0.39, 0.29) is 25.7 Å². The minimum Gasteiger partial charge on any atom is -0.482 e. The van der Waals surface area contributed by atoms with Crippen LogP contribution in [0.5, 0.6) is 5.75 Å². The number of ether oxygens (including phenoxy) is 1. The van der Waals surface area contributed by atoms with Crippen LogP contribution in [-0.2, 0) is 4.79 Å². The molecule has 1 heterocycles. The largest absolute Gasteiger partial charge is 0.482 e. The Bertz CT molecular complexity index is 499. The Kier molecular flexibility index (Phi) is 3.98. The molecule has 2 amide bonds. The normalized spacial score (nSPS) is 13.5. The van der Waals surface area contributed by atoms with Gasteiger partial charge in [-0.05, 0) is 18.2 Å². The molecule has 0 saturated heterocycles. The molecule has 102 valence electrons. The van der Waals surface area contributed by atoms with Crippen LogP contribution in [0.15, 0.2) is 18.2 Å². The molecule has 0 saturated carbocycles. The van der Waals surface area contributed by atoms with Crippen LogP contribution in [0.4, 0.5) is 5.69 Å². The summed E-state index contributed by atoms with van der Waals surface area (Å²) in [6.07, 6.45) is 0. The average Bonchev–Trinajstić information content (AvgIpc) is 2.43. The topological polar surface area (TPSA) is 108 Å². The standard InChI is InChI=1S/C12H14N2O5/c15-4-8(5-16)13-12(18)7-1-2-9-10(3-7)19-6-11(17)14-9/h1-3,8,15-16H,4-6H2,(H,13,18)(H,14,17). The van der Waals surface area contributed by atoms with Gasteiger partial charge in [-0.3, -0.25) is 9.59 Å². The molecule has 1 aromatic rings. The highest BCUT2D eigenvalue weighted by Crippen LogP contribution is 2.28. The molecule has 0 aromatic heterocycles. The molecule has 7 heteroatoms. The average molecular weight is 266 g/mol. The highest BCUT2D eigenvalue weighted by molar-refractivity contribution is 5.99. The number of fused-ring (bicyclic) bond motifs is 1. The fourth-order valence-corrected chi connectivity index (χ4v) is 1.63. The molecule has 1 aliphatic rings. The minimum atomic E-state index is -0.704. The van der Waals surface area contributed by atoms with Crippen LogP contribution in [0.2, 0.25) is 0 Å². The summed E-state index contributed by atoms with van der Waals surface area (Å²) in [6, 6.07) is 3.88. The zero-order chi connectivity index (χ0) is 13.8. The van der Waals surface area contributed by atoms with E-state index in [1.54, 1.807) is 6.07 Å². The van der Waals surface area contributed by atoms with E-state index in [2.05, 4.69) is 10.6 Å². The van der Waals surface area contributed by atoms with E-state index in [1.807, 2.05) is 0 Å². The predicted molar refractivity (Wildman–Crippen MR) is 66.0 cm³/mol. The molecule has 0 aliphatic carbocycles. The van der Waals surface area contributed by atoms with E-state index in [0.29, 0.717) is 17.0 Å². The molecule has 4 N–H and O–H groups in total. The monoisotopic (exact) mass is 266 g/mol. The zero-order valence-corrected chi connectivity index (χ0v) is 10.0. The van der Waals surface area contributed by atoms with Crippen molar-refractivity contribution in [2.45, 2.75) is 6.04 Å². The third kappa shape index (κ3) is 3.01. The fraction of sp³-hybridized carbons (Fsp3) is 0.333. The number of nitrogens with one attached hydrogen (secondary N) is 2. The van der Waals surface area contributed by atoms with Gasteiger partial charge in [-0.2, -0.15) is 0 Å². The molecule has 0 atom stereocenters. The summed E-state index contributed by atoms with van der Waals surface area (Å²) in [5.74, 6) is -0.265. The van der Waals surface area contributed by atoms with Crippen molar-refractivity contribution in [1.82, 2.24) is 5.32 Å². The summed E-state index contributed by atoms with van der Waals surface area (Å²) in [4.78, 5) is 22.9. The first-order chi connectivity index (χ1) is 9.13. The Morgan fingerprint density at radius 3 is 2.84 bits per heavy atom. The van der Waals surface area contributed by atoms with Gasteiger partial charge in [0.1, 0.15) is 5.75 Å². The van der Waals surface area contributed by atoms with E-state index >= 15 is 0 Å².